The zero-order valence-electron chi connectivity index (χ0n) is 8.38. The highest BCUT2D eigenvalue weighted by Gasteiger charge is 2.09. The monoisotopic (exact) mass is 674 g/mol. The van der Waals surface area contributed by atoms with E-state index >= 15 is 0 Å². The third kappa shape index (κ3) is 4.06. The molecule has 0 aliphatic rings. The van der Waals surface area contributed by atoms with Gasteiger partial charge in [-0.05, 0) is 121 Å². The summed E-state index contributed by atoms with van der Waals surface area (Å²) < 4.78 is 10.6. The lowest BCUT2D eigenvalue weighted by Crippen LogP contribution is -1.92. The largest absolute Gasteiger partial charge is 0.455 e. The van der Waals surface area contributed by atoms with Crippen molar-refractivity contribution in [3.05, 3.63) is 50.7 Å². The van der Waals surface area contributed by atoms with Gasteiger partial charge < -0.3 is 4.74 Å². The zero-order chi connectivity index (χ0) is 12.4. The van der Waals surface area contributed by atoms with Gasteiger partial charge in [0.25, 0.3) is 0 Å². The molecule has 0 radical (unpaired) electrons. The topological polar surface area (TPSA) is 9.23 Å². The van der Waals surface area contributed by atoms with E-state index in [-0.39, 0.29) is 0 Å². The second kappa shape index (κ2) is 6.55. The molecule has 17 heavy (non-hydrogen) atoms. The molecule has 2 aromatic rings. The predicted molar refractivity (Wildman–Crippen MR) is 104 cm³/mol. The predicted octanol–water partition coefficient (Wildman–Crippen LogP) is 5.90. The second-order valence-corrected chi connectivity index (χ2v) is 8.07. The van der Waals surface area contributed by atoms with Crippen LogP contribution in [0, 0.1) is 14.3 Å². The fraction of sp³-hybridized carbons (Fsp3) is 0. The molecule has 0 aliphatic heterocycles. The van der Waals surface area contributed by atoms with Crippen molar-refractivity contribution >= 4 is 90.4 Å². The minimum atomic E-state index is 0.883. The highest BCUT2D eigenvalue weighted by Crippen LogP contribution is 2.33. The summed E-state index contributed by atoms with van der Waals surface area (Å²) in [5.41, 5.74) is 0. The molecule has 0 unspecified atom stereocenters. The minimum Gasteiger partial charge on any atom is -0.455 e. The van der Waals surface area contributed by atoms with Gasteiger partial charge in [0.1, 0.15) is 5.75 Å². The average molecular weight is 674 g/mol. The van der Waals surface area contributed by atoms with Crippen molar-refractivity contribution in [1.29, 1.82) is 0 Å². The molecule has 0 heterocycles. The van der Waals surface area contributed by atoms with Gasteiger partial charge in [-0.25, -0.2) is 0 Å². The molecule has 0 aromatic heterocycles. The van der Waals surface area contributed by atoms with E-state index in [1.165, 1.54) is 7.14 Å². The maximum absolute atomic E-state index is 5.95. The Morgan fingerprint density at radius 1 is 0.765 bits per heavy atom. The van der Waals surface area contributed by atoms with E-state index in [1.807, 2.05) is 18.2 Å². The lowest BCUT2D eigenvalue weighted by molar-refractivity contribution is 0.475. The van der Waals surface area contributed by atoms with E-state index < -0.39 is 0 Å². The Morgan fingerprint density at radius 3 is 2.00 bits per heavy atom. The smallest absolute Gasteiger partial charge is 0.154 e. The molecule has 1 nitrogen and oxygen atoms in total. The summed E-state index contributed by atoms with van der Waals surface area (Å²) >= 11 is 9.22. The SMILES string of the molecule is Ic1cccc(Oc2c(I)cc(I)cc2I)c1. The van der Waals surface area contributed by atoms with Gasteiger partial charge in [-0.1, -0.05) is 6.07 Å². The van der Waals surface area contributed by atoms with Crippen LogP contribution in [0.3, 0.4) is 0 Å². The molecule has 0 saturated carbocycles. The lowest BCUT2D eigenvalue weighted by atomic mass is 10.3. The summed E-state index contributed by atoms with van der Waals surface area (Å²) in [4.78, 5) is 0. The highest BCUT2D eigenvalue weighted by atomic mass is 127. The van der Waals surface area contributed by atoms with Crippen LogP contribution in [0.5, 0.6) is 11.5 Å². The molecule has 2 rings (SSSR count). The first kappa shape index (κ1) is 14.6. The molecule has 2 aromatic carbocycles. The van der Waals surface area contributed by atoms with Crippen molar-refractivity contribution in [1.82, 2.24) is 0 Å². The van der Waals surface area contributed by atoms with Gasteiger partial charge in [-0.15, -0.1) is 0 Å². The molecule has 88 valence electrons. The number of rotatable bonds is 2. The molecule has 0 spiro atoms. The summed E-state index contributed by atoms with van der Waals surface area (Å²) in [5, 5.41) is 0. The van der Waals surface area contributed by atoms with Crippen LogP contribution in [0.15, 0.2) is 36.4 Å². The van der Waals surface area contributed by atoms with Crippen LogP contribution in [0.2, 0.25) is 0 Å². The van der Waals surface area contributed by atoms with Crippen molar-refractivity contribution in [2.45, 2.75) is 0 Å². The number of halogens is 4. The highest BCUT2D eigenvalue weighted by molar-refractivity contribution is 14.1. The van der Waals surface area contributed by atoms with Crippen molar-refractivity contribution in [2.75, 3.05) is 0 Å². The maximum atomic E-state index is 5.95. The Labute approximate surface area is 155 Å². The first-order chi connectivity index (χ1) is 8.06. The van der Waals surface area contributed by atoms with Crippen molar-refractivity contribution in [3.8, 4) is 11.5 Å². The fourth-order valence-electron chi connectivity index (χ4n) is 1.27. The third-order valence-electron chi connectivity index (χ3n) is 1.98. The quantitative estimate of drug-likeness (QED) is 0.361. The number of hydrogen-bond acceptors (Lipinski definition) is 1. The maximum Gasteiger partial charge on any atom is 0.154 e. The van der Waals surface area contributed by atoms with E-state index in [0.29, 0.717) is 0 Å². The van der Waals surface area contributed by atoms with Gasteiger partial charge in [0.15, 0.2) is 5.75 Å². The van der Waals surface area contributed by atoms with Crippen LogP contribution in [0.1, 0.15) is 0 Å². The Balaban J connectivity index is 2.36. The van der Waals surface area contributed by atoms with Crippen LogP contribution in [-0.4, -0.2) is 0 Å². The third-order valence-corrected chi connectivity index (χ3v) is 4.88. The molecule has 0 amide bonds. The van der Waals surface area contributed by atoms with E-state index in [9.17, 15) is 0 Å². The summed E-state index contributed by atoms with van der Waals surface area (Å²) in [6.07, 6.45) is 0. The van der Waals surface area contributed by atoms with Crippen molar-refractivity contribution in [3.63, 3.8) is 0 Å². The van der Waals surface area contributed by atoms with Crippen molar-refractivity contribution in [2.24, 2.45) is 0 Å². The molecule has 0 N–H and O–H groups in total. The number of hydrogen-bond donors (Lipinski definition) is 0. The summed E-state index contributed by atoms with van der Waals surface area (Å²) in [7, 11) is 0. The van der Waals surface area contributed by atoms with Crippen LogP contribution >= 0.6 is 90.4 Å². The average Bonchev–Trinajstić information content (AvgIpc) is 2.23. The second-order valence-electron chi connectivity index (χ2n) is 3.26. The number of benzene rings is 2. The summed E-state index contributed by atoms with van der Waals surface area (Å²) in [5.74, 6) is 1.82. The van der Waals surface area contributed by atoms with Crippen LogP contribution in [-0.2, 0) is 0 Å². The van der Waals surface area contributed by atoms with Gasteiger partial charge in [0, 0.05) is 7.14 Å². The van der Waals surface area contributed by atoms with E-state index in [1.54, 1.807) is 0 Å². The molecule has 0 saturated heterocycles. The van der Waals surface area contributed by atoms with Gasteiger partial charge >= 0.3 is 0 Å². The van der Waals surface area contributed by atoms with Gasteiger partial charge in [-0.3, -0.25) is 0 Å². The molecule has 5 heteroatoms. The van der Waals surface area contributed by atoms with Crippen LogP contribution < -0.4 is 4.74 Å². The number of ether oxygens (including phenoxy) is 1. The summed E-state index contributed by atoms with van der Waals surface area (Å²) in [6.45, 7) is 0. The Morgan fingerprint density at radius 2 is 1.41 bits per heavy atom. The zero-order valence-corrected chi connectivity index (χ0v) is 17.0. The molecular weight excluding hydrogens is 668 g/mol. The Kier molecular flexibility index (Phi) is 5.61. The normalized spacial score (nSPS) is 10.4. The minimum absolute atomic E-state index is 0.883. The molecule has 0 aliphatic carbocycles. The lowest BCUT2D eigenvalue weighted by Gasteiger charge is -2.10. The first-order valence-electron chi connectivity index (χ1n) is 4.64. The van der Waals surface area contributed by atoms with Crippen LogP contribution in [0.4, 0.5) is 0 Å². The van der Waals surface area contributed by atoms with Gasteiger partial charge in [0.05, 0.1) is 7.14 Å². The standard InChI is InChI=1S/C12H6I4O/c13-7-2-1-3-9(4-7)17-12-10(15)5-8(14)6-11(12)16/h1-6H. The molecular formula is C12H6I4O. The fourth-order valence-corrected chi connectivity index (χ4v) is 5.59. The van der Waals surface area contributed by atoms with Crippen LogP contribution in [0.25, 0.3) is 0 Å². The summed E-state index contributed by atoms with van der Waals surface area (Å²) in [6, 6.07) is 12.3. The molecule has 0 atom stereocenters. The van der Waals surface area contributed by atoms with Gasteiger partial charge in [0.2, 0.25) is 0 Å². The first-order valence-corrected chi connectivity index (χ1v) is 8.96. The molecule has 0 fully saturated rings. The van der Waals surface area contributed by atoms with E-state index in [0.717, 1.165) is 18.6 Å². The molecule has 0 bridgehead atoms. The Bertz CT molecular complexity index is 531. The van der Waals surface area contributed by atoms with Gasteiger partial charge in [-0.2, -0.15) is 0 Å². The van der Waals surface area contributed by atoms with Crippen molar-refractivity contribution < 1.29 is 4.74 Å². The Hall–Kier alpha value is 1.16. The van der Waals surface area contributed by atoms with E-state index in [2.05, 4.69) is 109 Å². The van der Waals surface area contributed by atoms with E-state index in [4.69, 9.17) is 4.74 Å².